The van der Waals surface area contributed by atoms with Crippen molar-refractivity contribution >= 4 is 54.8 Å². The van der Waals surface area contributed by atoms with Crippen molar-refractivity contribution in [1.29, 1.82) is 0 Å². The van der Waals surface area contributed by atoms with Crippen LogP contribution in [-0.4, -0.2) is 0 Å². The Morgan fingerprint density at radius 2 is 2.12 bits per heavy atom. The van der Waals surface area contributed by atoms with Gasteiger partial charge in [-0.25, -0.2) is 0 Å². The van der Waals surface area contributed by atoms with Crippen molar-refractivity contribution in [3.63, 3.8) is 0 Å². The van der Waals surface area contributed by atoms with E-state index in [4.69, 9.17) is 17.3 Å². The van der Waals surface area contributed by atoms with Crippen molar-refractivity contribution in [1.82, 2.24) is 0 Å². The average Bonchev–Trinajstić information content (AvgIpc) is 2.68. The molecule has 2 aromatic rings. The highest BCUT2D eigenvalue weighted by molar-refractivity contribution is 9.10. The van der Waals surface area contributed by atoms with Gasteiger partial charge in [-0.3, -0.25) is 0 Å². The molecular formula is C12H10Br2ClNS. The second-order valence-corrected chi connectivity index (χ2v) is 6.83. The van der Waals surface area contributed by atoms with Gasteiger partial charge in [0, 0.05) is 31.7 Å². The van der Waals surface area contributed by atoms with E-state index in [1.165, 1.54) is 4.88 Å². The molecule has 5 heteroatoms. The lowest BCUT2D eigenvalue weighted by atomic mass is 10.0. The monoisotopic (exact) mass is 393 g/mol. The summed E-state index contributed by atoms with van der Waals surface area (Å²) in [4.78, 5) is 1.25. The first kappa shape index (κ1) is 13.6. The Morgan fingerprint density at radius 1 is 1.35 bits per heavy atom. The standard InChI is InChI=1S/C12H10Br2ClNS/c13-7-4-8(17-6-7)5-11(16)9-2-1-3-10(14)12(9)15/h1-4,6,11H,5,16H2. The topological polar surface area (TPSA) is 26.0 Å². The Hall–Kier alpha value is 0.130. The maximum absolute atomic E-state index is 6.23. The molecule has 0 aliphatic heterocycles. The molecule has 17 heavy (non-hydrogen) atoms. The lowest BCUT2D eigenvalue weighted by molar-refractivity contribution is 0.730. The van der Waals surface area contributed by atoms with Crippen LogP contribution in [0, 0.1) is 0 Å². The van der Waals surface area contributed by atoms with Crippen LogP contribution >= 0.6 is 54.8 Å². The summed E-state index contributed by atoms with van der Waals surface area (Å²) >= 11 is 14.8. The lowest BCUT2D eigenvalue weighted by Crippen LogP contribution is -2.13. The molecule has 1 heterocycles. The molecule has 1 unspecified atom stereocenters. The van der Waals surface area contributed by atoms with Crippen molar-refractivity contribution < 1.29 is 0 Å². The van der Waals surface area contributed by atoms with E-state index in [2.05, 4.69) is 43.3 Å². The molecule has 1 aromatic carbocycles. The van der Waals surface area contributed by atoms with Crippen LogP contribution in [0.1, 0.15) is 16.5 Å². The second-order valence-electron chi connectivity index (χ2n) is 3.68. The third-order valence-corrected chi connectivity index (χ3v) is 5.45. The van der Waals surface area contributed by atoms with Crippen LogP contribution in [-0.2, 0) is 6.42 Å². The predicted molar refractivity (Wildman–Crippen MR) is 81.8 cm³/mol. The Balaban J connectivity index is 2.20. The maximum atomic E-state index is 6.23. The van der Waals surface area contributed by atoms with Crippen LogP contribution in [0.5, 0.6) is 0 Å². The van der Waals surface area contributed by atoms with Gasteiger partial charge in [-0.1, -0.05) is 23.7 Å². The number of thiophene rings is 1. The molecule has 1 nitrogen and oxygen atoms in total. The molecule has 0 saturated carbocycles. The van der Waals surface area contributed by atoms with Crippen LogP contribution in [0.25, 0.3) is 0 Å². The molecule has 0 aliphatic rings. The number of hydrogen-bond acceptors (Lipinski definition) is 2. The van der Waals surface area contributed by atoms with Gasteiger partial charge in [0.25, 0.3) is 0 Å². The van der Waals surface area contributed by atoms with Crippen molar-refractivity contribution in [2.24, 2.45) is 5.73 Å². The third kappa shape index (κ3) is 3.32. The molecule has 2 rings (SSSR count). The molecule has 0 spiro atoms. The Labute approximate surface area is 126 Å². The largest absolute Gasteiger partial charge is 0.324 e. The molecule has 0 fully saturated rings. The van der Waals surface area contributed by atoms with Crippen LogP contribution in [0.15, 0.2) is 38.6 Å². The summed E-state index contributed by atoms with van der Waals surface area (Å²) in [5, 5.41) is 2.76. The zero-order valence-corrected chi connectivity index (χ0v) is 13.5. The SMILES string of the molecule is NC(Cc1cc(Br)cs1)c1cccc(Br)c1Cl. The zero-order valence-electron chi connectivity index (χ0n) is 8.79. The lowest BCUT2D eigenvalue weighted by Gasteiger charge is -2.13. The smallest absolute Gasteiger partial charge is 0.0595 e. The van der Waals surface area contributed by atoms with Crippen molar-refractivity contribution in [2.45, 2.75) is 12.5 Å². The van der Waals surface area contributed by atoms with Gasteiger partial charge in [0.1, 0.15) is 0 Å². The first-order chi connectivity index (χ1) is 8.08. The van der Waals surface area contributed by atoms with E-state index < -0.39 is 0 Å². The normalized spacial score (nSPS) is 12.7. The van der Waals surface area contributed by atoms with E-state index in [1.54, 1.807) is 11.3 Å². The van der Waals surface area contributed by atoms with Gasteiger partial charge in [0.2, 0.25) is 0 Å². The molecule has 2 N–H and O–H groups in total. The number of nitrogens with two attached hydrogens (primary N) is 1. The van der Waals surface area contributed by atoms with E-state index >= 15 is 0 Å². The van der Waals surface area contributed by atoms with E-state index in [1.807, 2.05) is 18.2 Å². The van der Waals surface area contributed by atoms with Gasteiger partial charge in [-0.05, 0) is 49.6 Å². The first-order valence-electron chi connectivity index (χ1n) is 5.00. The molecule has 0 radical (unpaired) electrons. The summed E-state index contributed by atoms with van der Waals surface area (Å²) in [7, 11) is 0. The van der Waals surface area contributed by atoms with Crippen molar-refractivity contribution in [3.05, 3.63) is 54.1 Å². The minimum Gasteiger partial charge on any atom is -0.324 e. The van der Waals surface area contributed by atoms with Crippen molar-refractivity contribution in [2.75, 3.05) is 0 Å². The van der Waals surface area contributed by atoms with Gasteiger partial charge in [0.05, 0.1) is 5.02 Å². The fourth-order valence-electron chi connectivity index (χ4n) is 1.59. The maximum Gasteiger partial charge on any atom is 0.0595 e. The predicted octanol–water partition coefficient (Wildman–Crippen LogP) is 5.17. The summed E-state index contributed by atoms with van der Waals surface area (Å²) in [5.41, 5.74) is 7.17. The Kier molecular flexibility index (Phi) is 4.66. The van der Waals surface area contributed by atoms with E-state index in [9.17, 15) is 0 Å². The summed E-state index contributed by atoms with van der Waals surface area (Å²) in [6.07, 6.45) is 0.798. The van der Waals surface area contributed by atoms with E-state index in [-0.39, 0.29) is 6.04 Å². The second kappa shape index (κ2) is 5.85. The molecule has 0 saturated heterocycles. The Morgan fingerprint density at radius 3 is 2.76 bits per heavy atom. The van der Waals surface area contributed by atoms with E-state index in [0.29, 0.717) is 5.02 Å². The fourth-order valence-corrected chi connectivity index (χ4v) is 3.75. The third-order valence-electron chi connectivity index (χ3n) is 2.42. The molecule has 1 atom stereocenters. The van der Waals surface area contributed by atoms with Crippen LogP contribution in [0.4, 0.5) is 0 Å². The number of hydrogen-bond donors (Lipinski definition) is 1. The molecular weight excluding hydrogens is 385 g/mol. The molecule has 0 bridgehead atoms. The number of rotatable bonds is 3. The number of halogens is 3. The zero-order chi connectivity index (χ0) is 12.4. The average molecular weight is 396 g/mol. The first-order valence-corrected chi connectivity index (χ1v) is 7.84. The highest BCUT2D eigenvalue weighted by Crippen LogP contribution is 2.32. The number of benzene rings is 1. The highest BCUT2D eigenvalue weighted by Gasteiger charge is 2.13. The van der Waals surface area contributed by atoms with Crippen LogP contribution < -0.4 is 5.73 Å². The van der Waals surface area contributed by atoms with Gasteiger partial charge in [0.15, 0.2) is 0 Å². The fraction of sp³-hybridized carbons (Fsp3) is 0.167. The van der Waals surface area contributed by atoms with Crippen molar-refractivity contribution in [3.8, 4) is 0 Å². The van der Waals surface area contributed by atoms with Gasteiger partial charge >= 0.3 is 0 Å². The minimum atomic E-state index is -0.0782. The molecule has 0 amide bonds. The van der Waals surface area contributed by atoms with Gasteiger partial charge in [-0.15, -0.1) is 11.3 Å². The molecule has 1 aromatic heterocycles. The summed E-state index contributed by atoms with van der Waals surface area (Å²) < 4.78 is 1.99. The van der Waals surface area contributed by atoms with E-state index in [0.717, 1.165) is 20.9 Å². The van der Waals surface area contributed by atoms with Crippen LogP contribution in [0.2, 0.25) is 5.02 Å². The molecule has 90 valence electrons. The minimum absolute atomic E-state index is 0.0782. The van der Waals surface area contributed by atoms with Gasteiger partial charge in [-0.2, -0.15) is 0 Å². The van der Waals surface area contributed by atoms with Crippen LogP contribution in [0.3, 0.4) is 0 Å². The summed E-state index contributed by atoms with van der Waals surface area (Å²) in [6, 6.07) is 7.86. The Bertz CT molecular complexity index is 527. The quantitative estimate of drug-likeness (QED) is 0.762. The highest BCUT2D eigenvalue weighted by atomic mass is 79.9. The summed E-state index contributed by atoms with van der Waals surface area (Å²) in [5.74, 6) is 0. The summed E-state index contributed by atoms with van der Waals surface area (Å²) in [6.45, 7) is 0. The van der Waals surface area contributed by atoms with Gasteiger partial charge < -0.3 is 5.73 Å². The molecule has 0 aliphatic carbocycles.